The molecule has 1 aliphatic rings. The Morgan fingerprint density at radius 3 is 2.80 bits per heavy atom. The number of hydrogen-bond acceptors (Lipinski definition) is 3. The lowest BCUT2D eigenvalue weighted by atomic mass is 10.2. The van der Waals surface area contributed by atoms with E-state index in [1.54, 1.807) is 0 Å². The zero-order valence-electron chi connectivity index (χ0n) is 12.4. The fraction of sp³-hybridized carbons (Fsp3) is 0.529. The summed E-state index contributed by atoms with van der Waals surface area (Å²) in [6, 6.07) is 11.0. The summed E-state index contributed by atoms with van der Waals surface area (Å²) in [5, 5.41) is 9.21. The summed E-state index contributed by atoms with van der Waals surface area (Å²) in [5.41, 5.74) is 1.23. The maximum absolute atomic E-state index is 9.21. The molecule has 3 heteroatoms. The number of likely N-dealkylation sites (tertiary alicyclic amines) is 1. The molecule has 0 bridgehead atoms. The van der Waals surface area contributed by atoms with Crippen LogP contribution >= 0.6 is 0 Å². The molecule has 0 amide bonds. The molecule has 3 nitrogen and oxygen atoms in total. The van der Waals surface area contributed by atoms with E-state index < -0.39 is 0 Å². The summed E-state index contributed by atoms with van der Waals surface area (Å²) in [4.78, 5) is 4.78. The average molecular weight is 274 g/mol. The minimum absolute atomic E-state index is 0.232. The van der Waals surface area contributed by atoms with E-state index in [0.717, 1.165) is 19.6 Å². The van der Waals surface area contributed by atoms with Gasteiger partial charge in [0.1, 0.15) is 0 Å². The van der Waals surface area contributed by atoms with Crippen molar-refractivity contribution in [1.29, 1.82) is 0 Å². The maximum atomic E-state index is 9.21. The first-order chi connectivity index (χ1) is 9.79. The molecule has 0 spiro atoms. The normalized spacial score (nSPS) is 20.2. The number of nitrogens with zero attached hydrogens (tertiary/aromatic N) is 2. The van der Waals surface area contributed by atoms with Crippen LogP contribution in [0.15, 0.2) is 36.4 Å². The molecule has 20 heavy (non-hydrogen) atoms. The molecule has 1 N–H and O–H groups in total. The van der Waals surface area contributed by atoms with E-state index >= 15 is 0 Å². The Hall–Kier alpha value is -1.16. The molecule has 1 aromatic carbocycles. The molecule has 1 saturated heterocycles. The molecule has 0 aliphatic carbocycles. The summed E-state index contributed by atoms with van der Waals surface area (Å²) >= 11 is 0. The Morgan fingerprint density at radius 1 is 1.35 bits per heavy atom. The fourth-order valence-electron chi connectivity index (χ4n) is 2.81. The quantitative estimate of drug-likeness (QED) is 0.825. The van der Waals surface area contributed by atoms with Gasteiger partial charge in [-0.3, -0.25) is 4.90 Å². The Morgan fingerprint density at radius 2 is 2.15 bits per heavy atom. The van der Waals surface area contributed by atoms with Crippen molar-refractivity contribution in [2.24, 2.45) is 0 Å². The average Bonchev–Trinajstić information content (AvgIpc) is 2.86. The Labute approximate surface area is 122 Å². The van der Waals surface area contributed by atoms with Crippen molar-refractivity contribution in [3.63, 3.8) is 0 Å². The van der Waals surface area contributed by atoms with Gasteiger partial charge < -0.3 is 10.0 Å². The van der Waals surface area contributed by atoms with Gasteiger partial charge in [-0.25, -0.2) is 0 Å². The van der Waals surface area contributed by atoms with Crippen LogP contribution in [0.25, 0.3) is 6.08 Å². The fourth-order valence-corrected chi connectivity index (χ4v) is 2.81. The summed E-state index contributed by atoms with van der Waals surface area (Å²) in [6.07, 6.45) is 6.93. The van der Waals surface area contributed by atoms with Crippen LogP contribution in [0.5, 0.6) is 0 Å². The second kappa shape index (κ2) is 8.20. The Kier molecular flexibility index (Phi) is 6.25. The first-order valence-corrected chi connectivity index (χ1v) is 7.54. The van der Waals surface area contributed by atoms with Gasteiger partial charge in [-0.1, -0.05) is 42.5 Å². The minimum atomic E-state index is 0.232. The third-order valence-corrected chi connectivity index (χ3v) is 4.03. The summed E-state index contributed by atoms with van der Waals surface area (Å²) in [7, 11) is 2.20. The van der Waals surface area contributed by atoms with Gasteiger partial charge in [-0.15, -0.1) is 0 Å². The van der Waals surface area contributed by atoms with Gasteiger partial charge >= 0.3 is 0 Å². The van der Waals surface area contributed by atoms with Crippen LogP contribution < -0.4 is 0 Å². The van der Waals surface area contributed by atoms with Crippen LogP contribution in [0.2, 0.25) is 0 Å². The highest BCUT2D eigenvalue weighted by molar-refractivity contribution is 5.48. The predicted octanol–water partition coefficient (Wildman–Crippen LogP) is 2.09. The van der Waals surface area contributed by atoms with Gasteiger partial charge in [0.25, 0.3) is 0 Å². The van der Waals surface area contributed by atoms with Gasteiger partial charge in [0.15, 0.2) is 0 Å². The highest BCUT2D eigenvalue weighted by Crippen LogP contribution is 2.15. The molecular weight excluding hydrogens is 248 g/mol. The molecule has 0 unspecified atom stereocenters. The van der Waals surface area contributed by atoms with Gasteiger partial charge in [-0.05, 0) is 32.0 Å². The molecule has 2 rings (SSSR count). The Balaban J connectivity index is 1.84. The molecule has 110 valence electrons. The van der Waals surface area contributed by atoms with E-state index in [2.05, 4.69) is 53.3 Å². The topological polar surface area (TPSA) is 26.7 Å². The van der Waals surface area contributed by atoms with Crippen molar-refractivity contribution < 1.29 is 5.11 Å². The highest BCUT2D eigenvalue weighted by atomic mass is 16.3. The molecule has 0 aromatic heterocycles. The Bertz CT molecular complexity index is 405. The number of likely N-dealkylation sites (N-methyl/N-ethyl adjacent to an activating group) is 1. The molecular formula is C17H26N2O. The number of aliphatic hydroxyl groups excluding tert-OH is 1. The molecule has 1 atom stereocenters. The van der Waals surface area contributed by atoms with Crippen molar-refractivity contribution in [2.75, 3.05) is 39.8 Å². The van der Waals surface area contributed by atoms with E-state index in [1.165, 1.54) is 24.9 Å². The van der Waals surface area contributed by atoms with Crippen molar-refractivity contribution in [1.82, 2.24) is 9.80 Å². The lowest BCUT2D eigenvalue weighted by Crippen LogP contribution is -2.39. The number of benzene rings is 1. The van der Waals surface area contributed by atoms with Crippen LogP contribution in [-0.2, 0) is 0 Å². The monoisotopic (exact) mass is 274 g/mol. The number of hydrogen-bond donors (Lipinski definition) is 1. The highest BCUT2D eigenvalue weighted by Gasteiger charge is 2.22. The lowest BCUT2D eigenvalue weighted by Gasteiger charge is -2.27. The zero-order chi connectivity index (χ0) is 14.2. The summed E-state index contributed by atoms with van der Waals surface area (Å²) in [6.45, 7) is 4.15. The van der Waals surface area contributed by atoms with E-state index in [0.29, 0.717) is 6.04 Å². The third kappa shape index (κ3) is 4.75. The second-order valence-corrected chi connectivity index (χ2v) is 5.57. The van der Waals surface area contributed by atoms with Crippen LogP contribution in [0.1, 0.15) is 18.4 Å². The molecule has 0 radical (unpaired) electrons. The smallest absolute Gasteiger partial charge is 0.0558 e. The molecule has 1 heterocycles. The first kappa shape index (κ1) is 15.2. The van der Waals surface area contributed by atoms with Crippen LogP contribution in [0, 0.1) is 0 Å². The van der Waals surface area contributed by atoms with E-state index in [4.69, 9.17) is 0 Å². The van der Waals surface area contributed by atoms with E-state index in [1.807, 2.05) is 6.07 Å². The van der Waals surface area contributed by atoms with E-state index in [9.17, 15) is 5.11 Å². The molecule has 1 aromatic rings. The van der Waals surface area contributed by atoms with Gasteiger partial charge in [-0.2, -0.15) is 0 Å². The van der Waals surface area contributed by atoms with Gasteiger partial charge in [0.05, 0.1) is 6.61 Å². The third-order valence-electron chi connectivity index (χ3n) is 4.03. The molecule has 0 saturated carbocycles. The van der Waals surface area contributed by atoms with Crippen LogP contribution in [0.3, 0.4) is 0 Å². The summed E-state index contributed by atoms with van der Waals surface area (Å²) < 4.78 is 0. The number of aliphatic hydroxyl groups is 1. The van der Waals surface area contributed by atoms with Crippen LogP contribution in [-0.4, -0.2) is 60.8 Å². The largest absolute Gasteiger partial charge is 0.395 e. The predicted molar refractivity (Wildman–Crippen MR) is 84.7 cm³/mol. The van der Waals surface area contributed by atoms with Crippen molar-refractivity contribution in [3.05, 3.63) is 42.0 Å². The standard InChI is InChI=1S/C17H26N2O/c1-18-11-6-10-17(18)15-19(13-14-20)12-5-9-16-7-3-2-4-8-16/h2-5,7-9,17,20H,6,10-15H2,1H3/t17-/m1/s1. The zero-order valence-corrected chi connectivity index (χ0v) is 12.4. The van der Waals surface area contributed by atoms with E-state index in [-0.39, 0.29) is 6.61 Å². The van der Waals surface area contributed by atoms with Crippen molar-refractivity contribution in [3.8, 4) is 0 Å². The molecule has 1 aliphatic heterocycles. The van der Waals surface area contributed by atoms with Crippen LogP contribution in [0.4, 0.5) is 0 Å². The minimum Gasteiger partial charge on any atom is -0.395 e. The van der Waals surface area contributed by atoms with Crippen molar-refractivity contribution in [2.45, 2.75) is 18.9 Å². The SMILES string of the molecule is CN1CCC[C@@H]1CN(CC=Cc1ccccc1)CCO. The van der Waals surface area contributed by atoms with Gasteiger partial charge in [0.2, 0.25) is 0 Å². The van der Waals surface area contributed by atoms with Crippen molar-refractivity contribution >= 4 is 6.08 Å². The van der Waals surface area contributed by atoms with Gasteiger partial charge in [0, 0.05) is 25.7 Å². The lowest BCUT2D eigenvalue weighted by molar-refractivity contribution is 0.169. The number of rotatable bonds is 7. The first-order valence-electron chi connectivity index (χ1n) is 7.54. The summed E-state index contributed by atoms with van der Waals surface area (Å²) in [5.74, 6) is 0. The second-order valence-electron chi connectivity index (χ2n) is 5.57. The molecule has 1 fully saturated rings. The maximum Gasteiger partial charge on any atom is 0.0558 e.